The van der Waals surface area contributed by atoms with E-state index in [0.29, 0.717) is 17.7 Å². The molecular weight excluding hydrogens is 394 g/mol. The van der Waals surface area contributed by atoms with Gasteiger partial charge in [0.1, 0.15) is 5.75 Å². The van der Waals surface area contributed by atoms with Crippen molar-refractivity contribution in [1.29, 1.82) is 0 Å². The molecule has 0 unspecified atom stereocenters. The smallest absolute Gasteiger partial charge is 0.419 e. The number of rotatable bonds is 8. The summed E-state index contributed by atoms with van der Waals surface area (Å²) in [5.41, 5.74) is 3.03. The lowest BCUT2D eigenvalue weighted by Gasteiger charge is -2.36. The van der Waals surface area contributed by atoms with Crippen molar-refractivity contribution in [3.8, 4) is 5.75 Å². The third-order valence-corrected chi connectivity index (χ3v) is 5.99. The Hall–Kier alpha value is -3.06. The number of ether oxygens (including phenoxy) is 1. The fourth-order valence-electron chi connectivity index (χ4n) is 4.13. The number of aryl methyl sites for hydroxylation is 1. The number of carbonyl (C=O) groups is 1. The summed E-state index contributed by atoms with van der Waals surface area (Å²) in [6.45, 7) is 7.25. The number of Topliss-reactive ketones (excluding diaryl/α,β-unsaturated/α-hetero) is 1. The van der Waals surface area contributed by atoms with E-state index in [2.05, 4.69) is 21.9 Å². The van der Waals surface area contributed by atoms with E-state index in [1.165, 1.54) is 12.6 Å². The van der Waals surface area contributed by atoms with Crippen LogP contribution >= 0.6 is 0 Å². The maximum atomic E-state index is 12.2. The molecule has 7 heteroatoms. The van der Waals surface area contributed by atoms with Crippen LogP contribution in [0.15, 0.2) is 51.7 Å². The molecule has 31 heavy (non-hydrogen) atoms. The zero-order chi connectivity index (χ0) is 21.8. The Kier molecular flexibility index (Phi) is 6.42. The summed E-state index contributed by atoms with van der Waals surface area (Å²) in [6, 6.07) is 13.4. The molecule has 1 aliphatic heterocycles. The first-order chi connectivity index (χ1) is 15.0. The van der Waals surface area contributed by atoms with Gasteiger partial charge in [-0.3, -0.25) is 14.3 Å². The van der Waals surface area contributed by atoms with Gasteiger partial charge < -0.3 is 14.1 Å². The molecule has 2 aromatic carbocycles. The molecule has 0 spiro atoms. The highest BCUT2D eigenvalue weighted by Gasteiger charge is 2.17. The number of carbonyl (C=O) groups excluding carboxylic acids is 1. The zero-order valence-electron chi connectivity index (χ0n) is 18.2. The fourth-order valence-corrected chi connectivity index (χ4v) is 4.13. The average molecular weight is 424 g/mol. The third-order valence-electron chi connectivity index (χ3n) is 5.99. The van der Waals surface area contributed by atoms with E-state index >= 15 is 0 Å². The highest BCUT2D eigenvalue weighted by molar-refractivity contribution is 5.96. The number of methoxy groups -OCH3 is 1. The topological polar surface area (TPSA) is 67.9 Å². The number of piperazine rings is 1. The second kappa shape index (κ2) is 9.39. The first-order valence-corrected chi connectivity index (χ1v) is 10.8. The third kappa shape index (κ3) is 4.82. The Labute approximate surface area is 181 Å². The van der Waals surface area contributed by atoms with Gasteiger partial charge >= 0.3 is 5.76 Å². The number of hydrogen-bond donors (Lipinski definition) is 0. The Morgan fingerprint density at radius 2 is 1.71 bits per heavy atom. The van der Waals surface area contributed by atoms with Gasteiger partial charge in [-0.15, -0.1) is 0 Å². The molecule has 4 rings (SSSR count). The highest BCUT2D eigenvalue weighted by atomic mass is 16.5. The van der Waals surface area contributed by atoms with Crippen LogP contribution in [0.4, 0.5) is 5.69 Å². The Morgan fingerprint density at radius 3 is 2.39 bits per heavy atom. The fraction of sp³-hybridized carbons (Fsp3) is 0.417. The molecule has 0 amide bonds. The largest absolute Gasteiger partial charge is 0.497 e. The van der Waals surface area contributed by atoms with Gasteiger partial charge in [0.15, 0.2) is 11.4 Å². The van der Waals surface area contributed by atoms with E-state index in [1.807, 2.05) is 12.1 Å². The first-order valence-electron chi connectivity index (χ1n) is 10.8. The molecule has 1 saturated heterocycles. The number of nitrogens with zero attached hydrogens (tertiary/aromatic N) is 3. The minimum atomic E-state index is -0.358. The average Bonchev–Trinajstić information content (AvgIpc) is 3.11. The number of anilines is 1. The van der Waals surface area contributed by atoms with Crippen LogP contribution in [-0.4, -0.2) is 55.1 Å². The predicted molar refractivity (Wildman–Crippen MR) is 121 cm³/mol. The quantitative estimate of drug-likeness (QED) is 0.409. The summed E-state index contributed by atoms with van der Waals surface area (Å²) in [6.07, 6.45) is 1.93. The number of hydrogen-bond acceptors (Lipinski definition) is 6. The lowest BCUT2D eigenvalue weighted by molar-refractivity contribution is 0.101. The molecular formula is C24H29N3O4. The number of unbranched alkanes of at least 4 members (excludes halogenated alkanes) is 1. The van der Waals surface area contributed by atoms with Crippen molar-refractivity contribution in [2.45, 2.75) is 26.3 Å². The molecule has 2 heterocycles. The molecule has 0 bridgehead atoms. The van der Waals surface area contributed by atoms with Crippen molar-refractivity contribution in [2.24, 2.45) is 0 Å². The summed E-state index contributed by atoms with van der Waals surface area (Å²) < 4.78 is 12.2. The van der Waals surface area contributed by atoms with Crippen molar-refractivity contribution in [2.75, 3.05) is 44.7 Å². The number of benzene rings is 2. The van der Waals surface area contributed by atoms with E-state index in [0.717, 1.165) is 56.8 Å². The van der Waals surface area contributed by atoms with Gasteiger partial charge in [0.25, 0.3) is 0 Å². The number of oxazole rings is 1. The Morgan fingerprint density at radius 1 is 1.00 bits per heavy atom. The lowest BCUT2D eigenvalue weighted by Crippen LogP contribution is -2.46. The van der Waals surface area contributed by atoms with Crippen LogP contribution in [0.5, 0.6) is 5.75 Å². The summed E-state index contributed by atoms with van der Waals surface area (Å²) in [7, 11) is 1.68. The van der Waals surface area contributed by atoms with Gasteiger partial charge in [-0.2, -0.15) is 0 Å². The van der Waals surface area contributed by atoms with Gasteiger partial charge in [0.05, 0.1) is 12.6 Å². The number of ketones is 1. The summed E-state index contributed by atoms with van der Waals surface area (Å²) in [4.78, 5) is 28.6. The molecule has 0 saturated carbocycles. The maximum absolute atomic E-state index is 12.2. The Balaban J connectivity index is 1.25. The highest BCUT2D eigenvalue weighted by Crippen LogP contribution is 2.21. The molecule has 0 aliphatic carbocycles. The van der Waals surface area contributed by atoms with E-state index in [-0.39, 0.29) is 11.5 Å². The second-order valence-electron chi connectivity index (χ2n) is 7.99. The minimum Gasteiger partial charge on any atom is -0.497 e. The van der Waals surface area contributed by atoms with E-state index in [4.69, 9.17) is 9.15 Å². The minimum absolute atomic E-state index is 0.0376. The first kappa shape index (κ1) is 21.2. The standard InChI is InChI=1S/C24H29N3O4/c1-18(28)19-5-10-22-23(17-19)31-24(29)27(22)12-4-3-11-25-13-15-26(16-14-25)20-6-8-21(30-2)9-7-20/h5-10,17H,3-4,11-16H2,1-2H3. The van der Waals surface area contributed by atoms with Crippen molar-refractivity contribution >= 4 is 22.6 Å². The van der Waals surface area contributed by atoms with E-state index in [9.17, 15) is 9.59 Å². The van der Waals surface area contributed by atoms with Crippen LogP contribution in [0.25, 0.3) is 11.1 Å². The van der Waals surface area contributed by atoms with Gasteiger partial charge in [0.2, 0.25) is 0 Å². The van der Waals surface area contributed by atoms with Crippen LogP contribution in [-0.2, 0) is 6.54 Å². The van der Waals surface area contributed by atoms with Crippen LogP contribution < -0.4 is 15.4 Å². The monoisotopic (exact) mass is 423 g/mol. The SMILES string of the molecule is COc1ccc(N2CCN(CCCCn3c(=O)oc4cc(C(C)=O)ccc43)CC2)cc1. The van der Waals surface area contributed by atoms with Crippen LogP contribution in [0.1, 0.15) is 30.1 Å². The molecule has 1 aromatic heterocycles. The van der Waals surface area contributed by atoms with E-state index in [1.54, 1.807) is 29.9 Å². The molecule has 1 aliphatic rings. The van der Waals surface area contributed by atoms with E-state index < -0.39 is 0 Å². The second-order valence-corrected chi connectivity index (χ2v) is 7.99. The zero-order valence-corrected chi connectivity index (χ0v) is 18.2. The molecule has 0 radical (unpaired) electrons. The molecule has 1 fully saturated rings. The van der Waals surface area contributed by atoms with Gasteiger partial charge in [-0.25, -0.2) is 4.79 Å². The molecule has 7 nitrogen and oxygen atoms in total. The summed E-state index contributed by atoms with van der Waals surface area (Å²) >= 11 is 0. The van der Waals surface area contributed by atoms with Crippen LogP contribution in [0.3, 0.4) is 0 Å². The van der Waals surface area contributed by atoms with Crippen LogP contribution in [0, 0.1) is 0 Å². The van der Waals surface area contributed by atoms with Gasteiger partial charge in [0, 0.05) is 44.0 Å². The van der Waals surface area contributed by atoms with Crippen molar-refractivity contribution in [3.63, 3.8) is 0 Å². The van der Waals surface area contributed by atoms with Crippen molar-refractivity contribution in [3.05, 3.63) is 58.6 Å². The van der Waals surface area contributed by atoms with Crippen molar-refractivity contribution < 1.29 is 13.9 Å². The van der Waals surface area contributed by atoms with Crippen molar-refractivity contribution in [1.82, 2.24) is 9.47 Å². The molecule has 0 atom stereocenters. The lowest BCUT2D eigenvalue weighted by atomic mass is 10.1. The molecule has 164 valence electrons. The normalized spacial score (nSPS) is 14.8. The number of aromatic nitrogens is 1. The molecule has 3 aromatic rings. The number of fused-ring (bicyclic) bond motifs is 1. The predicted octanol–water partition coefficient (Wildman–Crippen LogP) is 3.41. The van der Waals surface area contributed by atoms with Gasteiger partial charge in [-0.1, -0.05) is 0 Å². The summed E-state index contributed by atoms with van der Waals surface area (Å²) in [5.74, 6) is 0.486. The maximum Gasteiger partial charge on any atom is 0.419 e. The molecule has 0 N–H and O–H groups in total. The Bertz CT molecular complexity index is 1090. The summed E-state index contributed by atoms with van der Waals surface area (Å²) in [5, 5.41) is 0. The van der Waals surface area contributed by atoms with Crippen LogP contribution in [0.2, 0.25) is 0 Å². The van der Waals surface area contributed by atoms with Gasteiger partial charge in [-0.05, 0) is 68.8 Å².